The van der Waals surface area contributed by atoms with E-state index in [0.29, 0.717) is 13.2 Å². The van der Waals surface area contributed by atoms with E-state index < -0.39 is 0 Å². The van der Waals surface area contributed by atoms with E-state index in [1.807, 2.05) is 6.92 Å². The minimum atomic E-state index is -0.374. The quantitative estimate of drug-likeness (QED) is 0.760. The Kier molecular flexibility index (Phi) is 5.61. The van der Waals surface area contributed by atoms with Gasteiger partial charge in [0.25, 0.3) is 0 Å². The van der Waals surface area contributed by atoms with Crippen LogP contribution in [0.5, 0.6) is 0 Å². The number of hydrogen-bond donors (Lipinski definition) is 1. The van der Waals surface area contributed by atoms with Gasteiger partial charge in [0, 0.05) is 19.7 Å². The van der Waals surface area contributed by atoms with Crippen LogP contribution >= 0.6 is 11.6 Å². The summed E-state index contributed by atoms with van der Waals surface area (Å²) in [4.78, 5) is 0. The summed E-state index contributed by atoms with van der Waals surface area (Å²) in [5.74, 6) is -0.374. The highest BCUT2D eigenvalue weighted by Gasteiger charge is 2.00. The van der Waals surface area contributed by atoms with Gasteiger partial charge in [-0.25, -0.2) is 4.39 Å². The van der Waals surface area contributed by atoms with Crippen molar-refractivity contribution in [2.24, 2.45) is 0 Å². The largest absolute Gasteiger partial charge is 0.380 e. The third-order valence-corrected chi connectivity index (χ3v) is 2.25. The molecule has 0 amide bonds. The molecule has 0 unspecified atom stereocenters. The van der Waals surface area contributed by atoms with Crippen LogP contribution < -0.4 is 5.32 Å². The first-order valence-electron chi connectivity index (χ1n) is 4.96. The Hall–Kier alpha value is -0.640. The van der Waals surface area contributed by atoms with Gasteiger partial charge in [0.15, 0.2) is 0 Å². The van der Waals surface area contributed by atoms with Crippen LogP contribution in [-0.4, -0.2) is 19.8 Å². The minimum absolute atomic E-state index is 0.160. The maximum absolute atomic E-state index is 13.0. The topological polar surface area (TPSA) is 21.3 Å². The molecule has 0 aliphatic rings. The molecule has 84 valence electrons. The number of nitrogens with one attached hydrogen (secondary N) is 1. The summed E-state index contributed by atoms with van der Waals surface area (Å²) in [7, 11) is 0. The highest BCUT2D eigenvalue weighted by molar-refractivity contribution is 6.30. The Morgan fingerprint density at radius 2 is 2.27 bits per heavy atom. The Balaban J connectivity index is 2.28. The first-order valence-corrected chi connectivity index (χ1v) is 5.34. The molecule has 15 heavy (non-hydrogen) atoms. The average molecular weight is 232 g/mol. The van der Waals surface area contributed by atoms with Crippen LogP contribution in [0.1, 0.15) is 12.5 Å². The monoisotopic (exact) mass is 231 g/mol. The molecule has 0 aromatic heterocycles. The molecule has 0 saturated heterocycles. The standard InChI is InChI=1S/C11H15ClFNO/c1-2-15-6-5-14-8-9-3-4-10(12)11(13)7-9/h3-4,7,14H,2,5-6,8H2,1H3. The van der Waals surface area contributed by atoms with Crippen molar-refractivity contribution in [3.8, 4) is 0 Å². The summed E-state index contributed by atoms with van der Waals surface area (Å²) in [5, 5.41) is 3.31. The molecule has 2 nitrogen and oxygen atoms in total. The van der Waals surface area contributed by atoms with Crippen molar-refractivity contribution >= 4 is 11.6 Å². The second kappa shape index (κ2) is 6.77. The van der Waals surface area contributed by atoms with Crippen LogP contribution in [0, 0.1) is 5.82 Å². The maximum Gasteiger partial charge on any atom is 0.142 e. The van der Waals surface area contributed by atoms with Crippen molar-refractivity contribution in [3.05, 3.63) is 34.6 Å². The van der Waals surface area contributed by atoms with Crippen molar-refractivity contribution in [2.75, 3.05) is 19.8 Å². The summed E-state index contributed by atoms with van der Waals surface area (Å²) in [6.07, 6.45) is 0. The van der Waals surface area contributed by atoms with E-state index in [-0.39, 0.29) is 10.8 Å². The van der Waals surface area contributed by atoms with Gasteiger partial charge in [-0.05, 0) is 24.6 Å². The van der Waals surface area contributed by atoms with Crippen molar-refractivity contribution in [3.63, 3.8) is 0 Å². The molecule has 0 bridgehead atoms. The van der Waals surface area contributed by atoms with Crippen molar-refractivity contribution < 1.29 is 9.13 Å². The van der Waals surface area contributed by atoms with Gasteiger partial charge >= 0.3 is 0 Å². The molecule has 0 heterocycles. The molecule has 1 aromatic carbocycles. The summed E-state index contributed by atoms with van der Waals surface area (Å²) in [6.45, 7) is 4.73. The maximum atomic E-state index is 13.0. The summed E-state index contributed by atoms with van der Waals surface area (Å²) in [5.41, 5.74) is 0.883. The Morgan fingerprint density at radius 3 is 2.93 bits per heavy atom. The molecule has 1 aromatic rings. The molecule has 0 aliphatic carbocycles. The zero-order valence-corrected chi connectivity index (χ0v) is 9.48. The van der Waals surface area contributed by atoms with Crippen LogP contribution in [0.25, 0.3) is 0 Å². The van der Waals surface area contributed by atoms with Gasteiger partial charge in [-0.3, -0.25) is 0 Å². The lowest BCUT2D eigenvalue weighted by molar-refractivity contribution is 0.149. The molecule has 1 rings (SSSR count). The zero-order valence-electron chi connectivity index (χ0n) is 8.72. The van der Waals surface area contributed by atoms with Crippen molar-refractivity contribution in [1.82, 2.24) is 5.32 Å². The lowest BCUT2D eigenvalue weighted by Crippen LogP contribution is -2.19. The Labute approximate surface area is 94.4 Å². The summed E-state index contributed by atoms with van der Waals surface area (Å²) < 4.78 is 18.2. The molecule has 0 aliphatic heterocycles. The normalized spacial score (nSPS) is 10.6. The molecule has 0 fully saturated rings. The first kappa shape index (κ1) is 12.4. The minimum Gasteiger partial charge on any atom is -0.380 e. The Morgan fingerprint density at radius 1 is 1.47 bits per heavy atom. The van der Waals surface area contributed by atoms with Crippen LogP contribution in [0.4, 0.5) is 4.39 Å². The van der Waals surface area contributed by atoms with Gasteiger partial charge in [0.05, 0.1) is 11.6 Å². The molecule has 0 atom stereocenters. The number of halogens is 2. The van der Waals surface area contributed by atoms with E-state index in [2.05, 4.69) is 5.32 Å². The SMILES string of the molecule is CCOCCNCc1ccc(Cl)c(F)c1. The third-order valence-electron chi connectivity index (χ3n) is 1.94. The van der Waals surface area contributed by atoms with E-state index in [0.717, 1.165) is 18.7 Å². The summed E-state index contributed by atoms with van der Waals surface area (Å²) in [6, 6.07) is 4.81. The third kappa shape index (κ3) is 4.60. The van der Waals surface area contributed by atoms with E-state index in [1.165, 1.54) is 6.07 Å². The van der Waals surface area contributed by atoms with Crippen LogP contribution in [0.3, 0.4) is 0 Å². The van der Waals surface area contributed by atoms with Crippen LogP contribution in [0.15, 0.2) is 18.2 Å². The van der Waals surface area contributed by atoms with E-state index in [9.17, 15) is 4.39 Å². The molecule has 0 saturated carbocycles. The highest BCUT2D eigenvalue weighted by atomic mass is 35.5. The van der Waals surface area contributed by atoms with Crippen molar-refractivity contribution in [2.45, 2.75) is 13.5 Å². The number of benzene rings is 1. The van der Waals surface area contributed by atoms with E-state index >= 15 is 0 Å². The van der Waals surface area contributed by atoms with E-state index in [4.69, 9.17) is 16.3 Å². The summed E-state index contributed by atoms with van der Waals surface area (Å²) >= 11 is 5.57. The van der Waals surface area contributed by atoms with Gasteiger partial charge in [0.2, 0.25) is 0 Å². The second-order valence-corrected chi connectivity index (χ2v) is 3.53. The number of hydrogen-bond acceptors (Lipinski definition) is 2. The first-order chi connectivity index (χ1) is 7.24. The van der Waals surface area contributed by atoms with Crippen LogP contribution in [-0.2, 0) is 11.3 Å². The van der Waals surface area contributed by atoms with Gasteiger partial charge in [-0.1, -0.05) is 17.7 Å². The fourth-order valence-electron chi connectivity index (χ4n) is 1.17. The molecule has 0 spiro atoms. The lowest BCUT2D eigenvalue weighted by atomic mass is 10.2. The molecule has 1 N–H and O–H groups in total. The van der Waals surface area contributed by atoms with E-state index in [1.54, 1.807) is 12.1 Å². The number of ether oxygens (including phenoxy) is 1. The highest BCUT2D eigenvalue weighted by Crippen LogP contribution is 2.15. The van der Waals surface area contributed by atoms with Gasteiger partial charge < -0.3 is 10.1 Å². The van der Waals surface area contributed by atoms with Gasteiger partial charge in [-0.15, -0.1) is 0 Å². The smallest absolute Gasteiger partial charge is 0.142 e. The zero-order chi connectivity index (χ0) is 11.1. The molecule has 0 radical (unpaired) electrons. The van der Waals surface area contributed by atoms with Gasteiger partial charge in [0.1, 0.15) is 5.82 Å². The predicted molar refractivity (Wildman–Crippen MR) is 59.6 cm³/mol. The van der Waals surface area contributed by atoms with Crippen LogP contribution in [0.2, 0.25) is 5.02 Å². The fourth-order valence-corrected chi connectivity index (χ4v) is 1.29. The van der Waals surface area contributed by atoms with Gasteiger partial charge in [-0.2, -0.15) is 0 Å². The lowest BCUT2D eigenvalue weighted by Gasteiger charge is -2.05. The number of rotatable bonds is 6. The second-order valence-electron chi connectivity index (χ2n) is 3.12. The molecule has 4 heteroatoms. The van der Waals surface area contributed by atoms with Crippen molar-refractivity contribution in [1.29, 1.82) is 0 Å². The molecular formula is C11H15ClFNO. The molecular weight excluding hydrogens is 217 g/mol. The Bertz CT molecular complexity index is 307. The fraction of sp³-hybridized carbons (Fsp3) is 0.455. The average Bonchev–Trinajstić information content (AvgIpc) is 2.23. The predicted octanol–water partition coefficient (Wildman–Crippen LogP) is 2.61.